The topological polar surface area (TPSA) is 108 Å². The molecule has 1 aromatic heterocycles. The maximum Gasteiger partial charge on any atom is 0.287 e. The molecule has 0 spiro atoms. The SMILES string of the molecule is CCCCCCCCCCCCNC(=O)c1cccc(Sc2c(Nc3cc(C(=O)NCCCCCCCCCCCC)ccc3Cl)[nH]n(-c3c(Cl)cc(Cl)cc3Cl)c2=O)c1. The second-order valence-electron chi connectivity index (χ2n) is 15.5. The van der Waals surface area contributed by atoms with Crippen LogP contribution in [0.5, 0.6) is 0 Å². The van der Waals surface area contributed by atoms with Gasteiger partial charge in [-0.3, -0.25) is 19.5 Å². The van der Waals surface area contributed by atoms with Gasteiger partial charge in [0.1, 0.15) is 16.4 Å². The highest BCUT2D eigenvalue weighted by molar-refractivity contribution is 7.99. The third-order valence-electron chi connectivity index (χ3n) is 10.5. The van der Waals surface area contributed by atoms with Crippen molar-refractivity contribution in [3.05, 3.63) is 96.2 Å². The van der Waals surface area contributed by atoms with Gasteiger partial charge in [-0.2, -0.15) is 0 Å². The first-order chi connectivity index (χ1) is 29.1. The van der Waals surface area contributed by atoms with Crippen LogP contribution in [-0.4, -0.2) is 34.7 Å². The van der Waals surface area contributed by atoms with E-state index in [1.807, 2.05) is 6.07 Å². The van der Waals surface area contributed by atoms with Crippen LogP contribution in [0.2, 0.25) is 20.1 Å². The molecule has 4 aromatic rings. The Morgan fingerprint density at radius 3 is 1.60 bits per heavy atom. The van der Waals surface area contributed by atoms with Crippen molar-refractivity contribution in [2.24, 2.45) is 0 Å². The summed E-state index contributed by atoms with van der Waals surface area (Å²) in [6, 6.07) is 15.1. The molecule has 13 heteroatoms. The molecule has 0 saturated carbocycles. The number of H-pyrrole nitrogens is 1. The normalized spacial score (nSPS) is 11.2. The Kier molecular flexibility index (Phi) is 23.0. The lowest BCUT2D eigenvalue weighted by molar-refractivity contribution is 0.0944. The summed E-state index contributed by atoms with van der Waals surface area (Å²) in [5.41, 5.74) is 1.08. The molecule has 0 atom stereocenters. The van der Waals surface area contributed by atoms with Gasteiger partial charge in [0.25, 0.3) is 17.4 Å². The minimum atomic E-state index is -0.453. The summed E-state index contributed by atoms with van der Waals surface area (Å²) in [5, 5.41) is 13.4. The van der Waals surface area contributed by atoms with Crippen LogP contribution >= 0.6 is 58.2 Å². The van der Waals surface area contributed by atoms with Crippen molar-refractivity contribution in [2.75, 3.05) is 18.4 Å². The van der Waals surface area contributed by atoms with Crippen molar-refractivity contribution >= 4 is 81.5 Å². The third-order valence-corrected chi connectivity index (χ3v) is 12.7. The molecule has 8 nitrogen and oxygen atoms in total. The Hall–Kier alpha value is -3.08. The number of nitrogens with zero attached hydrogens (tertiary/aromatic N) is 1. The van der Waals surface area contributed by atoms with E-state index in [2.05, 4.69) is 34.9 Å². The van der Waals surface area contributed by atoms with Gasteiger partial charge in [-0.15, -0.1) is 0 Å². The highest BCUT2D eigenvalue weighted by Crippen LogP contribution is 2.37. The number of unbranched alkanes of at least 4 members (excludes halogenated alkanes) is 18. The fourth-order valence-electron chi connectivity index (χ4n) is 7.06. The van der Waals surface area contributed by atoms with Gasteiger partial charge < -0.3 is 16.0 Å². The molecule has 0 saturated heterocycles. The molecule has 4 N–H and O–H groups in total. The van der Waals surface area contributed by atoms with Crippen molar-refractivity contribution in [3.63, 3.8) is 0 Å². The lowest BCUT2D eigenvalue weighted by Crippen LogP contribution is -2.24. The van der Waals surface area contributed by atoms with E-state index in [0.717, 1.165) is 25.7 Å². The summed E-state index contributed by atoms with van der Waals surface area (Å²) in [4.78, 5) is 41.5. The molecule has 1 heterocycles. The van der Waals surface area contributed by atoms with Crippen molar-refractivity contribution in [1.82, 2.24) is 20.4 Å². The summed E-state index contributed by atoms with van der Waals surface area (Å²) < 4.78 is 1.24. The van der Waals surface area contributed by atoms with Crippen LogP contribution in [0, 0.1) is 0 Å². The molecule has 0 unspecified atom stereocenters. The van der Waals surface area contributed by atoms with Crippen LogP contribution in [0.15, 0.2) is 69.2 Å². The number of nitrogens with one attached hydrogen (secondary N) is 4. The average molecular weight is 920 g/mol. The van der Waals surface area contributed by atoms with Crippen LogP contribution in [0.1, 0.15) is 163 Å². The van der Waals surface area contributed by atoms with Gasteiger partial charge in [0.15, 0.2) is 0 Å². The first kappa shape index (κ1) is 49.6. The van der Waals surface area contributed by atoms with E-state index in [0.29, 0.717) is 44.8 Å². The Bertz CT molecular complexity index is 1980. The van der Waals surface area contributed by atoms with Crippen LogP contribution in [0.3, 0.4) is 0 Å². The number of aromatic amines is 1. The predicted molar refractivity (Wildman–Crippen MR) is 255 cm³/mol. The summed E-state index contributed by atoms with van der Waals surface area (Å²) in [6.07, 6.45) is 24.5. The lowest BCUT2D eigenvalue weighted by Gasteiger charge is -2.12. The van der Waals surface area contributed by atoms with Gasteiger partial charge in [-0.1, -0.05) is 194 Å². The van der Waals surface area contributed by atoms with E-state index in [1.54, 1.807) is 36.4 Å². The Labute approximate surface area is 381 Å². The highest BCUT2D eigenvalue weighted by Gasteiger charge is 2.22. The molecule has 2 amide bonds. The zero-order chi connectivity index (χ0) is 43.1. The zero-order valence-corrected chi connectivity index (χ0v) is 39.2. The summed E-state index contributed by atoms with van der Waals surface area (Å²) in [7, 11) is 0. The second kappa shape index (κ2) is 27.8. The van der Waals surface area contributed by atoms with Gasteiger partial charge in [-0.25, -0.2) is 4.68 Å². The number of aromatic nitrogens is 2. The molecule has 3 aromatic carbocycles. The highest BCUT2D eigenvalue weighted by atomic mass is 35.5. The molecule has 328 valence electrons. The van der Waals surface area contributed by atoms with E-state index in [1.165, 1.54) is 131 Å². The van der Waals surface area contributed by atoms with Crippen molar-refractivity contribution in [1.29, 1.82) is 0 Å². The number of amides is 2. The van der Waals surface area contributed by atoms with Crippen LogP contribution in [0.4, 0.5) is 11.5 Å². The zero-order valence-electron chi connectivity index (χ0n) is 35.3. The van der Waals surface area contributed by atoms with Gasteiger partial charge in [0, 0.05) is 34.1 Å². The number of hydrogen-bond acceptors (Lipinski definition) is 5. The van der Waals surface area contributed by atoms with Crippen molar-refractivity contribution in [2.45, 2.75) is 152 Å². The number of hydrogen-bond donors (Lipinski definition) is 4. The molecular weight excluding hydrogens is 856 g/mol. The summed E-state index contributed by atoms with van der Waals surface area (Å²) >= 11 is 27.2. The average Bonchev–Trinajstić information content (AvgIpc) is 3.51. The minimum Gasteiger partial charge on any atom is -0.352 e. The van der Waals surface area contributed by atoms with E-state index in [-0.39, 0.29) is 38.3 Å². The molecule has 60 heavy (non-hydrogen) atoms. The van der Waals surface area contributed by atoms with Crippen molar-refractivity contribution in [3.8, 4) is 5.69 Å². The lowest BCUT2D eigenvalue weighted by atomic mass is 10.1. The van der Waals surface area contributed by atoms with Gasteiger partial charge >= 0.3 is 0 Å². The molecule has 4 rings (SSSR count). The molecule has 0 radical (unpaired) electrons. The predicted octanol–water partition coefficient (Wildman–Crippen LogP) is 15.0. The number of halogens is 4. The van der Waals surface area contributed by atoms with Crippen LogP contribution in [0.25, 0.3) is 5.69 Å². The van der Waals surface area contributed by atoms with E-state index < -0.39 is 5.56 Å². The molecule has 0 fully saturated rings. The number of rotatable bonds is 29. The first-order valence-electron chi connectivity index (χ1n) is 22.0. The summed E-state index contributed by atoms with van der Waals surface area (Å²) in [6.45, 7) is 5.66. The minimum absolute atomic E-state index is 0.166. The number of carbonyl (C=O) groups excluding carboxylic acids is 2. The Morgan fingerprint density at radius 2 is 1.08 bits per heavy atom. The maximum atomic E-state index is 14.2. The number of benzene rings is 3. The third kappa shape index (κ3) is 16.7. The van der Waals surface area contributed by atoms with E-state index in [9.17, 15) is 14.4 Å². The van der Waals surface area contributed by atoms with E-state index >= 15 is 0 Å². The van der Waals surface area contributed by atoms with Crippen molar-refractivity contribution < 1.29 is 9.59 Å². The molecule has 0 aliphatic heterocycles. The fraction of sp³-hybridized carbons (Fsp3) is 0.511. The van der Waals surface area contributed by atoms with Crippen LogP contribution < -0.4 is 21.5 Å². The fourth-order valence-corrected chi connectivity index (χ4v) is 9.15. The molecule has 0 aliphatic rings. The Morgan fingerprint density at radius 1 is 0.600 bits per heavy atom. The Balaban J connectivity index is 1.42. The maximum absolute atomic E-state index is 14.2. The number of carbonyl (C=O) groups is 2. The largest absolute Gasteiger partial charge is 0.352 e. The standard InChI is InChI=1S/C47H63Cl4N5O3S/c1-3-5-7-9-11-13-15-17-19-21-28-52-45(57)34-24-23-25-37(30-34)60-43-44(55-56(47(43)59)42-39(50)32-36(48)33-40(42)51)54-41-31-35(26-27-38(41)49)46(58)53-29-22-20-18-16-14-12-10-8-6-4-2/h23-27,30-33,54-55H,3-22,28-29H2,1-2H3,(H,52,57)(H,53,58). The van der Waals surface area contributed by atoms with Gasteiger partial charge in [-0.05, 0) is 61.4 Å². The molecule has 0 bridgehead atoms. The smallest absolute Gasteiger partial charge is 0.287 e. The monoisotopic (exact) mass is 917 g/mol. The van der Waals surface area contributed by atoms with E-state index in [4.69, 9.17) is 46.4 Å². The number of anilines is 2. The quantitative estimate of drug-likeness (QED) is 0.0406. The molecular formula is C47H63Cl4N5O3S. The van der Waals surface area contributed by atoms with Gasteiger partial charge in [0.05, 0.1) is 20.8 Å². The van der Waals surface area contributed by atoms with Crippen LogP contribution in [-0.2, 0) is 0 Å². The first-order valence-corrected chi connectivity index (χ1v) is 24.4. The van der Waals surface area contributed by atoms with Gasteiger partial charge in [0.2, 0.25) is 0 Å². The second-order valence-corrected chi connectivity index (χ2v) is 18.2. The molecule has 0 aliphatic carbocycles. The summed E-state index contributed by atoms with van der Waals surface area (Å²) in [5.74, 6) is -0.102.